The van der Waals surface area contributed by atoms with Gasteiger partial charge in [0.05, 0.1) is 10.1 Å². The van der Waals surface area contributed by atoms with Crippen LogP contribution in [-0.2, 0) is 6.42 Å². The van der Waals surface area contributed by atoms with Crippen LogP contribution in [0.1, 0.15) is 37.7 Å². The predicted molar refractivity (Wildman–Crippen MR) is 143 cm³/mol. The molecule has 2 aromatic rings. The average molecular weight is 542 g/mol. The van der Waals surface area contributed by atoms with Crippen molar-refractivity contribution in [2.24, 2.45) is 17.8 Å². The van der Waals surface area contributed by atoms with Crippen molar-refractivity contribution in [3.8, 4) is 0 Å². The molecule has 2 unspecified atom stereocenters. The summed E-state index contributed by atoms with van der Waals surface area (Å²) < 4.78 is 0.884. The first-order valence-electron chi connectivity index (χ1n) is 13.2. The van der Waals surface area contributed by atoms with Crippen molar-refractivity contribution < 1.29 is 5.11 Å². The van der Waals surface area contributed by atoms with Gasteiger partial charge < -0.3 is 25.5 Å². The Balaban J connectivity index is 1.07. The molecule has 188 valence electrons. The molecule has 5 aliphatic rings. The van der Waals surface area contributed by atoms with Gasteiger partial charge in [-0.3, -0.25) is 0 Å². The number of aromatic nitrogens is 2. The van der Waals surface area contributed by atoms with E-state index in [2.05, 4.69) is 72.7 Å². The zero-order chi connectivity index (χ0) is 24.0. The summed E-state index contributed by atoms with van der Waals surface area (Å²) in [6, 6.07) is 9.03. The van der Waals surface area contributed by atoms with Crippen LogP contribution in [0, 0.1) is 17.8 Å². The van der Waals surface area contributed by atoms with E-state index in [1.165, 1.54) is 18.4 Å². The number of hydrogen-bond donors (Lipinski definition) is 3. The minimum absolute atomic E-state index is 0.380. The van der Waals surface area contributed by atoms with Crippen molar-refractivity contribution in [2.75, 3.05) is 50.4 Å². The van der Waals surface area contributed by atoms with E-state index in [4.69, 9.17) is 4.98 Å². The fourth-order valence-electron chi connectivity index (χ4n) is 7.15. The summed E-state index contributed by atoms with van der Waals surface area (Å²) in [5, 5.41) is 18.0. The highest BCUT2D eigenvalue weighted by molar-refractivity contribution is 9.10. The number of anilines is 3. The second-order valence-electron chi connectivity index (χ2n) is 11.5. The first-order valence-corrected chi connectivity index (χ1v) is 14.0. The van der Waals surface area contributed by atoms with Gasteiger partial charge in [-0.2, -0.15) is 4.98 Å². The highest BCUT2D eigenvalue weighted by atomic mass is 79.9. The number of likely N-dealkylation sites (N-methyl/N-ethyl adjacent to an activating group) is 1. The van der Waals surface area contributed by atoms with Crippen molar-refractivity contribution >= 4 is 33.4 Å². The molecule has 0 spiro atoms. The lowest BCUT2D eigenvalue weighted by Crippen LogP contribution is -2.59. The summed E-state index contributed by atoms with van der Waals surface area (Å²) in [6.07, 6.45) is 8.21. The summed E-state index contributed by atoms with van der Waals surface area (Å²) in [5.74, 6) is 3.20. The van der Waals surface area contributed by atoms with Gasteiger partial charge >= 0.3 is 0 Å². The number of benzene rings is 1. The molecule has 35 heavy (non-hydrogen) atoms. The lowest BCUT2D eigenvalue weighted by atomic mass is 9.52. The Morgan fingerprint density at radius 2 is 1.77 bits per heavy atom. The van der Waals surface area contributed by atoms with E-state index in [1.807, 2.05) is 6.20 Å². The minimum Gasteiger partial charge on any atom is -0.390 e. The van der Waals surface area contributed by atoms with Crippen LogP contribution < -0.4 is 10.6 Å². The molecular formula is C27H37BrN6O. The molecule has 1 aromatic heterocycles. The van der Waals surface area contributed by atoms with Gasteiger partial charge in [0.2, 0.25) is 5.95 Å². The van der Waals surface area contributed by atoms with Gasteiger partial charge in [0.25, 0.3) is 0 Å². The average Bonchev–Trinajstić information content (AvgIpc) is 2.83. The van der Waals surface area contributed by atoms with Gasteiger partial charge in [-0.05, 0) is 97.0 Å². The van der Waals surface area contributed by atoms with Gasteiger partial charge in [0.1, 0.15) is 5.82 Å². The number of rotatable bonds is 7. The molecule has 2 heterocycles. The minimum atomic E-state index is -0.416. The smallest absolute Gasteiger partial charge is 0.229 e. The van der Waals surface area contributed by atoms with E-state index < -0.39 is 5.60 Å². The summed E-state index contributed by atoms with van der Waals surface area (Å²) >= 11 is 3.65. The van der Waals surface area contributed by atoms with E-state index >= 15 is 0 Å². The summed E-state index contributed by atoms with van der Waals surface area (Å²) in [7, 11) is 2.20. The quantitative estimate of drug-likeness (QED) is 0.487. The second-order valence-corrected chi connectivity index (χ2v) is 12.3. The topological polar surface area (TPSA) is 76.5 Å². The zero-order valence-corrected chi connectivity index (χ0v) is 22.2. The molecule has 1 aliphatic heterocycles. The molecule has 0 amide bonds. The highest BCUT2D eigenvalue weighted by Gasteiger charge is 2.54. The fraction of sp³-hybridized carbons (Fsp3) is 0.630. The highest BCUT2D eigenvalue weighted by Crippen LogP contribution is 2.56. The molecule has 8 heteroatoms. The van der Waals surface area contributed by atoms with E-state index in [9.17, 15) is 5.11 Å². The third-order valence-electron chi connectivity index (χ3n) is 8.81. The summed E-state index contributed by atoms with van der Waals surface area (Å²) in [4.78, 5) is 14.3. The molecule has 4 saturated carbocycles. The maximum absolute atomic E-state index is 10.9. The van der Waals surface area contributed by atoms with E-state index in [1.54, 1.807) is 0 Å². The number of hydrogen-bond acceptors (Lipinski definition) is 7. The number of aliphatic hydroxyl groups is 1. The van der Waals surface area contributed by atoms with Crippen LogP contribution in [0.4, 0.5) is 17.5 Å². The van der Waals surface area contributed by atoms with Gasteiger partial charge in [0, 0.05) is 50.6 Å². The van der Waals surface area contributed by atoms with E-state index in [-0.39, 0.29) is 0 Å². The lowest BCUT2D eigenvalue weighted by molar-refractivity contribution is -0.129. The summed E-state index contributed by atoms with van der Waals surface area (Å²) in [6.45, 7) is 5.77. The standard InChI is InChI=1S/C27H37BrN6O/c1-33-8-10-34(11-9-33)7-6-18-2-4-22(5-3-18)30-26-29-17-23(28)25(32-26)31-24-20-12-19-13-21(24)16-27(35,14-19)15-20/h2-5,17,19-21,24,35H,6-16H2,1H3,(H2,29,30,31,32). The van der Waals surface area contributed by atoms with Crippen molar-refractivity contribution in [2.45, 2.75) is 50.2 Å². The third-order valence-corrected chi connectivity index (χ3v) is 9.39. The Kier molecular flexibility index (Phi) is 6.50. The predicted octanol–water partition coefficient (Wildman–Crippen LogP) is 4.12. The van der Waals surface area contributed by atoms with Crippen molar-refractivity contribution in [1.29, 1.82) is 0 Å². The molecule has 4 aliphatic carbocycles. The fourth-order valence-corrected chi connectivity index (χ4v) is 7.45. The Hall–Kier alpha value is -1.74. The Morgan fingerprint density at radius 1 is 1.06 bits per heavy atom. The molecule has 3 N–H and O–H groups in total. The zero-order valence-electron chi connectivity index (χ0n) is 20.6. The van der Waals surface area contributed by atoms with Crippen LogP contribution in [0.5, 0.6) is 0 Å². The van der Waals surface area contributed by atoms with E-state index in [0.717, 1.165) is 74.4 Å². The number of nitrogens with zero attached hydrogens (tertiary/aromatic N) is 4. The first kappa shape index (κ1) is 23.6. The Bertz CT molecular complexity index is 1020. The molecular weight excluding hydrogens is 504 g/mol. The molecule has 2 atom stereocenters. The van der Waals surface area contributed by atoms with E-state index in [0.29, 0.717) is 29.7 Å². The number of piperazine rings is 1. The maximum atomic E-state index is 10.9. The molecule has 7 nitrogen and oxygen atoms in total. The van der Waals surface area contributed by atoms with Gasteiger partial charge in [-0.1, -0.05) is 12.1 Å². The molecule has 1 saturated heterocycles. The molecule has 4 bridgehead atoms. The number of nitrogens with one attached hydrogen (secondary N) is 2. The van der Waals surface area contributed by atoms with Crippen LogP contribution in [0.15, 0.2) is 34.9 Å². The Labute approximate surface area is 216 Å². The van der Waals surface area contributed by atoms with Crippen LogP contribution in [0.25, 0.3) is 0 Å². The van der Waals surface area contributed by atoms with Crippen molar-refractivity contribution in [1.82, 2.24) is 19.8 Å². The van der Waals surface area contributed by atoms with Crippen LogP contribution >= 0.6 is 15.9 Å². The first-order chi connectivity index (χ1) is 16.9. The number of halogens is 1. The van der Waals surface area contributed by atoms with Gasteiger partial charge in [-0.15, -0.1) is 0 Å². The van der Waals surface area contributed by atoms with Crippen LogP contribution in [0.3, 0.4) is 0 Å². The molecule has 5 fully saturated rings. The largest absolute Gasteiger partial charge is 0.390 e. The normalized spacial score (nSPS) is 32.7. The van der Waals surface area contributed by atoms with Crippen LogP contribution in [-0.4, -0.2) is 76.3 Å². The van der Waals surface area contributed by atoms with Crippen LogP contribution in [0.2, 0.25) is 0 Å². The van der Waals surface area contributed by atoms with Gasteiger partial charge in [0.15, 0.2) is 0 Å². The monoisotopic (exact) mass is 540 g/mol. The summed E-state index contributed by atoms with van der Waals surface area (Å²) in [5.41, 5.74) is 1.94. The third kappa shape index (κ3) is 5.22. The molecule has 1 aromatic carbocycles. The van der Waals surface area contributed by atoms with Crippen molar-refractivity contribution in [3.05, 3.63) is 40.5 Å². The maximum Gasteiger partial charge on any atom is 0.229 e. The molecule has 0 radical (unpaired) electrons. The van der Waals surface area contributed by atoms with Crippen molar-refractivity contribution in [3.63, 3.8) is 0 Å². The second kappa shape index (κ2) is 9.61. The SMILES string of the molecule is CN1CCN(CCc2ccc(Nc3ncc(Br)c(NC4C5CC6CC4CC(O)(C6)C5)n3)cc2)CC1. The molecule has 7 rings (SSSR count). The lowest BCUT2D eigenvalue weighted by Gasteiger charge is -2.58. The van der Waals surface area contributed by atoms with Gasteiger partial charge in [-0.25, -0.2) is 4.98 Å². The Morgan fingerprint density at radius 3 is 2.46 bits per heavy atom.